The standard InChI is InChI=1S/C19H30N2O4/c1-12(2)20-10-16(23)11-25-19-8-15-6-7-21(14(4)22)13(3)17(15)9-18(19)24-5/h8-9,12-13,16,20,23H,6-7,10-11H2,1-5H3. The smallest absolute Gasteiger partial charge is 0.219 e. The molecule has 0 aromatic heterocycles. The summed E-state index contributed by atoms with van der Waals surface area (Å²) in [6, 6.07) is 4.26. The fourth-order valence-electron chi connectivity index (χ4n) is 3.14. The molecule has 1 aliphatic rings. The molecule has 2 rings (SSSR count). The number of amides is 1. The zero-order valence-corrected chi connectivity index (χ0v) is 15.8. The van der Waals surface area contributed by atoms with E-state index in [1.54, 1.807) is 14.0 Å². The van der Waals surface area contributed by atoms with Crippen molar-refractivity contribution in [1.82, 2.24) is 10.2 Å². The van der Waals surface area contributed by atoms with Crippen molar-refractivity contribution in [3.8, 4) is 11.5 Å². The third-order valence-corrected chi connectivity index (χ3v) is 4.56. The van der Waals surface area contributed by atoms with Gasteiger partial charge in [-0.25, -0.2) is 0 Å². The van der Waals surface area contributed by atoms with Gasteiger partial charge in [0.2, 0.25) is 5.91 Å². The van der Waals surface area contributed by atoms with Gasteiger partial charge in [-0.15, -0.1) is 0 Å². The van der Waals surface area contributed by atoms with Gasteiger partial charge in [0.05, 0.1) is 13.2 Å². The molecule has 1 heterocycles. The van der Waals surface area contributed by atoms with Gasteiger partial charge in [-0.3, -0.25) is 4.79 Å². The number of carbonyl (C=O) groups excluding carboxylic acids is 1. The zero-order valence-electron chi connectivity index (χ0n) is 15.8. The minimum atomic E-state index is -0.588. The highest BCUT2D eigenvalue weighted by Gasteiger charge is 2.27. The quantitative estimate of drug-likeness (QED) is 0.786. The molecule has 0 saturated carbocycles. The Morgan fingerprint density at radius 1 is 1.40 bits per heavy atom. The van der Waals surface area contributed by atoms with E-state index in [-0.39, 0.29) is 18.6 Å². The second kappa shape index (κ2) is 8.54. The van der Waals surface area contributed by atoms with Crippen LogP contribution in [0.1, 0.15) is 44.9 Å². The van der Waals surface area contributed by atoms with Crippen LogP contribution < -0.4 is 14.8 Å². The lowest BCUT2D eigenvalue weighted by Gasteiger charge is -2.35. The van der Waals surface area contributed by atoms with E-state index in [1.165, 1.54) is 0 Å². The highest BCUT2D eigenvalue weighted by atomic mass is 16.5. The number of benzene rings is 1. The number of aliphatic hydroxyl groups excluding tert-OH is 1. The van der Waals surface area contributed by atoms with Crippen molar-refractivity contribution in [1.29, 1.82) is 0 Å². The molecule has 1 aromatic carbocycles. The first-order valence-electron chi connectivity index (χ1n) is 8.85. The molecule has 0 radical (unpaired) electrons. The fourth-order valence-corrected chi connectivity index (χ4v) is 3.14. The highest BCUT2D eigenvalue weighted by molar-refractivity contribution is 5.74. The minimum absolute atomic E-state index is 0.0185. The van der Waals surface area contributed by atoms with Gasteiger partial charge in [-0.05, 0) is 36.6 Å². The van der Waals surface area contributed by atoms with Crippen molar-refractivity contribution in [2.24, 2.45) is 0 Å². The van der Waals surface area contributed by atoms with Crippen molar-refractivity contribution in [2.75, 3.05) is 26.8 Å². The van der Waals surface area contributed by atoms with Crippen LogP contribution in [0.25, 0.3) is 0 Å². The molecule has 0 fully saturated rings. The number of nitrogens with one attached hydrogen (secondary N) is 1. The number of fused-ring (bicyclic) bond motifs is 1. The van der Waals surface area contributed by atoms with Crippen LogP contribution in [0.3, 0.4) is 0 Å². The van der Waals surface area contributed by atoms with Gasteiger partial charge in [-0.2, -0.15) is 0 Å². The first kappa shape index (κ1) is 19.5. The van der Waals surface area contributed by atoms with Gasteiger partial charge >= 0.3 is 0 Å². The minimum Gasteiger partial charge on any atom is -0.493 e. The number of hydrogen-bond donors (Lipinski definition) is 2. The summed E-state index contributed by atoms with van der Waals surface area (Å²) in [5.41, 5.74) is 2.25. The number of rotatable bonds is 7. The van der Waals surface area contributed by atoms with Crippen LogP contribution in [0.4, 0.5) is 0 Å². The molecule has 1 aliphatic heterocycles. The van der Waals surface area contributed by atoms with E-state index in [4.69, 9.17) is 9.47 Å². The topological polar surface area (TPSA) is 71.0 Å². The average molecular weight is 350 g/mol. The summed E-state index contributed by atoms with van der Waals surface area (Å²) in [7, 11) is 1.60. The highest BCUT2D eigenvalue weighted by Crippen LogP contribution is 2.38. The maximum Gasteiger partial charge on any atom is 0.219 e. The maximum absolute atomic E-state index is 11.8. The molecule has 2 atom stereocenters. The first-order valence-corrected chi connectivity index (χ1v) is 8.85. The number of aliphatic hydroxyl groups is 1. The molecular formula is C19H30N2O4. The van der Waals surface area contributed by atoms with Crippen LogP contribution in [0, 0.1) is 0 Å². The molecule has 0 bridgehead atoms. The van der Waals surface area contributed by atoms with Crippen LogP contribution in [0.15, 0.2) is 12.1 Å². The largest absolute Gasteiger partial charge is 0.493 e. The molecule has 140 valence electrons. The summed E-state index contributed by atoms with van der Waals surface area (Å²) < 4.78 is 11.3. The van der Waals surface area contributed by atoms with Crippen LogP contribution in [-0.2, 0) is 11.2 Å². The third-order valence-electron chi connectivity index (χ3n) is 4.56. The SMILES string of the molecule is COc1cc2c(cc1OCC(O)CNC(C)C)CCN(C(C)=O)C2C. The number of methoxy groups -OCH3 is 1. The van der Waals surface area contributed by atoms with E-state index in [2.05, 4.69) is 5.32 Å². The Hall–Kier alpha value is -1.79. The van der Waals surface area contributed by atoms with Gasteiger partial charge < -0.3 is 24.8 Å². The van der Waals surface area contributed by atoms with E-state index in [1.807, 2.05) is 37.8 Å². The molecule has 1 amide bonds. The molecular weight excluding hydrogens is 320 g/mol. The molecule has 2 unspecified atom stereocenters. The Morgan fingerprint density at radius 3 is 2.72 bits per heavy atom. The van der Waals surface area contributed by atoms with E-state index < -0.39 is 6.10 Å². The molecule has 0 saturated heterocycles. The Kier molecular flexibility index (Phi) is 6.67. The molecule has 1 aromatic rings. The van der Waals surface area contributed by atoms with E-state index >= 15 is 0 Å². The normalized spacial score (nSPS) is 18.0. The monoisotopic (exact) mass is 350 g/mol. The Bertz CT molecular complexity index is 603. The lowest BCUT2D eigenvalue weighted by atomic mass is 9.93. The zero-order chi connectivity index (χ0) is 18.6. The van der Waals surface area contributed by atoms with E-state index in [0.717, 1.165) is 17.5 Å². The van der Waals surface area contributed by atoms with Gasteiger partial charge in [-0.1, -0.05) is 13.8 Å². The predicted octanol–water partition coefficient (Wildman–Crippen LogP) is 1.90. The van der Waals surface area contributed by atoms with Crippen LogP contribution in [0.2, 0.25) is 0 Å². The lowest BCUT2D eigenvalue weighted by molar-refractivity contribution is -0.131. The number of carbonyl (C=O) groups is 1. The van der Waals surface area contributed by atoms with Crippen LogP contribution >= 0.6 is 0 Å². The lowest BCUT2D eigenvalue weighted by Crippen LogP contribution is -2.37. The van der Waals surface area contributed by atoms with Gasteiger partial charge in [0.25, 0.3) is 0 Å². The summed E-state index contributed by atoms with van der Waals surface area (Å²) in [6.45, 7) is 9.08. The van der Waals surface area contributed by atoms with Crippen LogP contribution in [0.5, 0.6) is 11.5 Å². The van der Waals surface area contributed by atoms with Gasteiger partial charge in [0.15, 0.2) is 11.5 Å². The summed E-state index contributed by atoms with van der Waals surface area (Å²) >= 11 is 0. The maximum atomic E-state index is 11.8. The molecule has 2 N–H and O–H groups in total. The van der Waals surface area contributed by atoms with Crippen molar-refractivity contribution in [3.05, 3.63) is 23.3 Å². The van der Waals surface area contributed by atoms with Gasteiger partial charge in [0.1, 0.15) is 12.7 Å². The predicted molar refractivity (Wildman–Crippen MR) is 97.1 cm³/mol. The summed E-state index contributed by atoms with van der Waals surface area (Å²) in [5.74, 6) is 1.34. The number of hydrogen-bond acceptors (Lipinski definition) is 5. The summed E-state index contributed by atoms with van der Waals surface area (Å²) in [6.07, 6.45) is 0.201. The Balaban J connectivity index is 2.12. The molecule has 0 spiro atoms. The van der Waals surface area contributed by atoms with Crippen molar-refractivity contribution in [2.45, 2.75) is 52.3 Å². The Labute approximate surface area is 150 Å². The summed E-state index contributed by atoms with van der Waals surface area (Å²) in [5, 5.41) is 13.2. The van der Waals surface area contributed by atoms with Crippen LogP contribution in [-0.4, -0.2) is 54.9 Å². The van der Waals surface area contributed by atoms with E-state index in [9.17, 15) is 9.90 Å². The number of ether oxygens (including phenoxy) is 2. The Morgan fingerprint density at radius 2 is 2.12 bits per heavy atom. The van der Waals surface area contributed by atoms with E-state index in [0.29, 0.717) is 30.6 Å². The third kappa shape index (κ3) is 4.86. The second-order valence-corrected chi connectivity index (χ2v) is 6.87. The fraction of sp³-hybridized carbons (Fsp3) is 0.632. The van der Waals surface area contributed by atoms with Crippen molar-refractivity contribution >= 4 is 5.91 Å². The average Bonchev–Trinajstić information content (AvgIpc) is 2.57. The molecule has 6 nitrogen and oxygen atoms in total. The van der Waals surface area contributed by atoms with Crippen molar-refractivity contribution < 1.29 is 19.4 Å². The molecule has 25 heavy (non-hydrogen) atoms. The van der Waals surface area contributed by atoms with Crippen molar-refractivity contribution in [3.63, 3.8) is 0 Å². The molecule has 6 heteroatoms. The first-order chi connectivity index (χ1) is 11.8. The van der Waals surface area contributed by atoms with Gasteiger partial charge in [0, 0.05) is 26.1 Å². The number of nitrogens with zero attached hydrogens (tertiary/aromatic N) is 1. The molecule has 0 aliphatic carbocycles. The summed E-state index contributed by atoms with van der Waals surface area (Å²) in [4.78, 5) is 13.6. The second-order valence-electron chi connectivity index (χ2n) is 6.87.